The normalized spacial score (nSPS) is 15.2. The van der Waals surface area contributed by atoms with Crippen LogP contribution in [0.5, 0.6) is 0 Å². The van der Waals surface area contributed by atoms with Crippen molar-refractivity contribution in [2.24, 2.45) is 0 Å². The first-order chi connectivity index (χ1) is 6.24. The van der Waals surface area contributed by atoms with Crippen LogP contribution in [0.25, 0.3) is 0 Å². The van der Waals surface area contributed by atoms with Gasteiger partial charge in [-0.15, -0.1) is 0 Å². The second-order valence-corrected chi connectivity index (χ2v) is 4.51. The number of nitrogens with one attached hydrogen (secondary N) is 1. The van der Waals surface area contributed by atoms with Gasteiger partial charge in [0.05, 0.1) is 10.8 Å². The zero-order valence-electron chi connectivity index (χ0n) is 7.99. The Kier molecular flexibility index (Phi) is 4.12. The minimum absolute atomic E-state index is 0.293. The van der Waals surface area contributed by atoms with Gasteiger partial charge in [-0.3, -0.25) is 4.21 Å². The molecule has 1 N–H and O–H groups in total. The molecule has 2 nitrogen and oxygen atoms in total. The molecule has 0 bridgehead atoms. The minimum atomic E-state index is -0.876. The zero-order valence-corrected chi connectivity index (χ0v) is 8.80. The first-order valence-electron chi connectivity index (χ1n) is 4.34. The van der Waals surface area contributed by atoms with Gasteiger partial charge in [0.15, 0.2) is 0 Å². The maximum atomic E-state index is 11.7. The summed E-state index contributed by atoms with van der Waals surface area (Å²) in [6, 6.07) is 9.86. The van der Waals surface area contributed by atoms with Crippen molar-refractivity contribution in [3.05, 3.63) is 30.3 Å². The Morgan fingerprint density at radius 2 is 2.00 bits per heavy atom. The lowest BCUT2D eigenvalue weighted by Gasteiger charge is -2.08. The van der Waals surface area contributed by atoms with E-state index in [1.165, 1.54) is 0 Å². The Hall–Kier alpha value is -0.670. The first kappa shape index (κ1) is 10.4. The van der Waals surface area contributed by atoms with Crippen molar-refractivity contribution in [3.8, 4) is 0 Å². The van der Waals surface area contributed by atoms with E-state index in [2.05, 4.69) is 5.32 Å². The maximum absolute atomic E-state index is 11.7. The monoisotopic (exact) mass is 197 g/mol. The summed E-state index contributed by atoms with van der Waals surface area (Å²) in [6.07, 6.45) is 0. The summed E-state index contributed by atoms with van der Waals surface area (Å²) in [5.41, 5.74) is 0. The van der Waals surface area contributed by atoms with Crippen LogP contribution in [0.4, 0.5) is 0 Å². The Bertz CT molecular complexity index is 274. The highest BCUT2D eigenvalue weighted by molar-refractivity contribution is 7.85. The topological polar surface area (TPSA) is 29.1 Å². The van der Waals surface area contributed by atoms with E-state index < -0.39 is 10.8 Å². The largest absolute Gasteiger partial charge is 0.316 e. The molecule has 0 heterocycles. The van der Waals surface area contributed by atoms with E-state index >= 15 is 0 Å². The van der Waals surface area contributed by atoms with Crippen LogP contribution in [0, 0.1) is 0 Å². The highest BCUT2D eigenvalue weighted by Gasteiger charge is 2.06. The van der Waals surface area contributed by atoms with Crippen molar-refractivity contribution in [3.63, 3.8) is 0 Å². The molecule has 1 aromatic rings. The number of hydrogen-bond donors (Lipinski definition) is 1. The van der Waals surface area contributed by atoms with E-state index in [1.54, 1.807) is 0 Å². The molecule has 1 aromatic carbocycles. The summed E-state index contributed by atoms with van der Waals surface area (Å²) in [5, 5.41) is 3.07. The second kappa shape index (κ2) is 5.14. The highest BCUT2D eigenvalue weighted by Crippen LogP contribution is 2.06. The van der Waals surface area contributed by atoms with Gasteiger partial charge in [-0.25, -0.2) is 0 Å². The molecule has 0 aliphatic rings. The van der Waals surface area contributed by atoms with E-state index in [0.717, 1.165) is 4.90 Å². The third-order valence-corrected chi connectivity index (χ3v) is 3.50. The van der Waals surface area contributed by atoms with Gasteiger partial charge in [0.2, 0.25) is 0 Å². The van der Waals surface area contributed by atoms with Crippen molar-refractivity contribution in [1.82, 2.24) is 5.32 Å². The molecule has 0 aliphatic heterocycles. The average molecular weight is 197 g/mol. The number of rotatable bonds is 4. The second-order valence-electron chi connectivity index (χ2n) is 3.01. The van der Waals surface area contributed by atoms with Gasteiger partial charge in [-0.05, 0) is 26.1 Å². The lowest BCUT2D eigenvalue weighted by atomic mass is 10.4. The number of benzene rings is 1. The van der Waals surface area contributed by atoms with Crippen molar-refractivity contribution < 1.29 is 4.21 Å². The van der Waals surface area contributed by atoms with E-state index in [-0.39, 0.29) is 0 Å². The maximum Gasteiger partial charge on any atom is 0.0545 e. The summed E-state index contributed by atoms with van der Waals surface area (Å²) < 4.78 is 11.7. The number of hydrogen-bond acceptors (Lipinski definition) is 2. The molecule has 0 amide bonds. The summed E-state index contributed by atoms with van der Waals surface area (Å²) in [7, 11) is 1.01. The van der Waals surface area contributed by atoms with E-state index in [4.69, 9.17) is 0 Å². The summed E-state index contributed by atoms with van der Waals surface area (Å²) >= 11 is 0. The molecule has 3 heteroatoms. The standard InChI is InChI=1S/C10H15NOS/c1-9(11-2)8-13(12)10-6-4-3-5-7-10/h3-7,9,11H,8H2,1-2H3. The van der Waals surface area contributed by atoms with Gasteiger partial charge >= 0.3 is 0 Å². The van der Waals surface area contributed by atoms with E-state index in [9.17, 15) is 4.21 Å². The fraction of sp³-hybridized carbons (Fsp3) is 0.400. The molecule has 2 atom stereocenters. The third kappa shape index (κ3) is 3.28. The molecule has 0 spiro atoms. The van der Waals surface area contributed by atoms with Crippen LogP contribution in [-0.2, 0) is 10.8 Å². The molecular weight excluding hydrogens is 182 g/mol. The molecule has 0 aliphatic carbocycles. The molecule has 0 fully saturated rings. The Morgan fingerprint density at radius 3 is 2.54 bits per heavy atom. The van der Waals surface area contributed by atoms with Crippen molar-refractivity contribution in [2.75, 3.05) is 12.8 Å². The third-order valence-electron chi connectivity index (χ3n) is 1.90. The molecule has 2 unspecified atom stereocenters. The molecule has 72 valence electrons. The van der Waals surface area contributed by atoms with Crippen LogP contribution in [0.3, 0.4) is 0 Å². The SMILES string of the molecule is CNC(C)CS(=O)c1ccccc1. The fourth-order valence-electron chi connectivity index (χ4n) is 0.979. The van der Waals surface area contributed by atoms with Gasteiger partial charge in [-0.2, -0.15) is 0 Å². The minimum Gasteiger partial charge on any atom is -0.316 e. The molecule has 0 aromatic heterocycles. The van der Waals surface area contributed by atoms with E-state index in [0.29, 0.717) is 11.8 Å². The molecule has 0 saturated heterocycles. The predicted molar refractivity (Wildman–Crippen MR) is 56.2 cm³/mol. The summed E-state index contributed by atoms with van der Waals surface area (Å²) in [4.78, 5) is 0.907. The molecule has 1 rings (SSSR count). The van der Waals surface area contributed by atoms with Crippen molar-refractivity contribution >= 4 is 10.8 Å². The lowest BCUT2D eigenvalue weighted by Crippen LogP contribution is -2.27. The van der Waals surface area contributed by atoms with Crippen LogP contribution in [0.2, 0.25) is 0 Å². The van der Waals surface area contributed by atoms with Gasteiger partial charge in [0.25, 0.3) is 0 Å². The van der Waals surface area contributed by atoms with Crippen LogP contribution in [-0.4, -0.2) is 23.1 Å². The lowest BCUT2D eigenvalue weighted by molar-refractivity contribution is 0.646. The molecule has 0 saturated carbocycles. The molecule has 0 radical (unpaired) electrons. The van der Waals surface area contributed by atoms with Crippen LogP contribution >= 0.6 is 0 Å². The van der Waals surface area contributed by atoms with Gasteiger partial charge in [0.1, 0.15) is 0 Å². The van der Waals surface area contributed by atoms with Crippen molar-refractivity contribution in [2.45, 2.75) is 17.9 Å². The summed E-state index contributed by atoms with van der Waals surface area (Å²) in [6.45, 7) is 2.03. The van der Waals surface area contributed by atoms with Gasteiger partial charge in [-0.1, -0.05) is 18.2 Å². The Balaban J connectivity index is 2.59. The summed E-state index contributed by atoms with van der Waals surface area (Å²) in [5.74, 6) is 0.667. The fourth-order valence-corrected chi connectivity index (χ4v) is 2.25. The van der Waals surface area contributed by atoms with E-state index in [1.807, 2.05) is 44.3 Å². The quantitative estimate of drug-likeness (QED) is 0.790. The Morgan fingerprint density at radius 1 is 1.38 bits per heavy atom. The predicted octanol–water partition coefficient (Wildman–Crippen LogP) is 1.40. The molecule has 13 heavy (non-hydrogen) atoms. The Labute approximate surface area is 81.8 Å². The molecular formula is C10H15NOS. The first-order valence-corrected chi connectivity index (χ1v) is 5.66. The smallest absolute Gasteiger partial charge is 0.0545 e. The highest BCUT2D eigenvalue weighted by atomic mass is 32.2. The van der Waals surface area contributed by atoms with Gasteiger partial charge < -0.3 is 5.32 Å². The van der Waals surface area contributed by atoms with Crippen LogP contribution in [0.1, 0.15) is 6.92 Å². The average Bonchev–Trinajstić information content (AvgIpc) is 2.19. The van der Waals surface area contributed by atoms with Crippen LogP contribution < -0.4 is 5.32 Å². The van der Waals surface area contributed by atoms with Crippen molar-refractivity contribution in [1.29, 1.82) is 0 Å². The van der Waals surface area contributed by atoms with Gasteiger partial charge in [0, 0.05) is 16.7 Å². The van der Waals surface area contributed by atoms with Crippen LogP contribution in [0.15, 0.2) is 35.2 Å². The zero-order chi connectivity index (χ0) is 9.68.